The number of rotatable bonds is 5. The predicted molar refractivity (Wildman–Crippen MR) is 92.6 cm³/mol. The third kappa shape index (κ3) is 4.72. The van der Waals surface area contributed by atoms with E-state index in [-0.39, 0.29) is 6.04 Å². The summed E-state index contributed by atoms with van der Waals surface area (Å²) in [6, 6.07) is 6.43. The average molecular weight is 354 g/mol. The smallest absolute Gasteiger partial charge is 0.120 e. The molecule has 118 valence electrons. The largest absolute Gasteiger partial charge is 0.508 e. The van der Waals surface area contributed by atoms with E-state index < -0.39 is 0 Å². The summed E-state index contributed by atoms with van der Waals surface area (Å²) in [5.74, 6) is 1.17. The van der Waals surface area contributed by atoms with Crippen molar-refractivity contribution in [1.29, 1.82) is 0 Å². The summed E-state index contributed by atoms with van der Waals surface area (Å²) < 4.78 is 1.03. The summed E-state index contributed by atoms with van der Waals surface area (Å²) >= 11 is 3.51. The van der Waals surface area contributed by atoms with Gasteiger partial charge in [0.15, 0.2) is 0 Å². The van der Waals surface area contributed by atoms with E-state index >= 15 is 0 Å². The third-order valence-corrected chi connectivity index (χ3v) is 5.34. The molecule has 2 rings (SSSR count). The summed E-state index contributed by atoms with van der Waals surface area (Å²) in [6.07, 6.45) is 9.20. The molecule has 0 spiro atoms. The van der Waals surface area contributed by atoms with Gasteiger partial charge in [-0.25, -0.2) is 0 Å². The fraction of sp³-hybridized carbons (Fsp3) is 0.667. The molecule has 2 N–H and O–H groups in total. The summed E-state index contributed by atoms with van der Waals surface area (Å²) in [4.78, 5) is 0. The molecule has 1 unspecified atom stereocenters. The minimum atomic E-state index is 0.223. The molecule has 1 saturated carbocycles. The van der Waals surface area contributed by atoms with Crippen LogP contribution in [0.2, 0.25) is 0 Å². The maximum atomic E-state index is 10.1. The summed E-state index contributed by atoms with van der Waals surface area (Å²) in [5, 5.41) is 13.9. The standard InChI is InChI=1S/C18H28BrNO/c1-3-17(16-12-15(19)10-11-18(16)21)20-13(2)14-8-6-4-5-7-9-14/h10-14,17,20-21H,3-9H2,1-2H3/t13-,17?/m1/s1. The van der Waals surface area contributed by atoms with Crippen LogP contribution in [0.15, 0.2) is 22.7 Å². The Kier molecular flexibility index (Phi) is 6.56. The van der Waals surface area contributed by atoms with Crippen molar-refractivity contribution in [2.45, 2.75) is 70.9 Å². The summed E-state index contributed by atoms with van der Waals surface area (Å²) in [5.41, 5.74) is 1.01. The Morgan fingerprint density at radius 3 is 2.52 bits per heavy atom. The molecule has 2 nitrogen and oxygen atoms in total. The maximum Gasteiger partial charge on any atom is 0.120 e. The molecule has 1 aliphatic rings. The summed E-state index contributed by atoms with van der Waals surface area (Å²) in [7, 11) is 0. The lowest BCUT2D eigenvalue weighted by Crippen LogP contribution is -2.36. The number of hydrogen-bond donors (Lipinski definition) is 2. The highest BCUT2D eigenvalue weighted by molar-refractivity contribution is 9.10. The highest BCUT2D eigenvalue weighted by Crippen LogP contribution is 2.32. The van der Waals surface area contributed by atoms with E-state index in [0.717, 1.165) is 22.4 Å². The van der Waals surface area contributed by atoms with E-state index in [4.69, 9.17) is 0 Å². The van der Waals surface area contributed by atoms with E-state index in [0.29, 0.717) is 11.8 Å². The van der Waals surface area contributed by atoms with Gasteiger partial charge in [-0.1, -0.05) is 48.5 Å². The van der Waals surface area contributed by atoms with Crippen LogP contribution in [-0.2, 0) is 0 Å². The minimum Gasteiger partial charge on any atom is -0.508 e. The first-order valence-electron chi connectivity index (χ1n) is 8.36. The molecule has 1 aromatic rings. The van der Waals surface area contributed by atoms with E-state index in [1.807, 2.05) is 12.1 Å². The molecule has 0 bridgehead atoms. The van der Waals surface area contributed by atoms with Gasteiger partial charge in [0.1, 0.15) is 5.75 Å². The molecule has 0 aliphatic heterocycles. The summed E-state index contributed by atoms with van der Waals surface area (Å²) in [6.45, 7) is 4.49. The van der Waals surface area contributed by atoms with E-state index in [1.54, 1.807) is 6.07 Å². The Hall–Kier alpha value is -0.540. The Morgan fingerprint density at radius 2 is 1.90 bits per heavy atom. The lowest BCUT2D eigenvalue weighted by molar-refractivity contribution is 0.303. The number of halogens is 1. The van der Waals surface area contributed by atoms with Gasteiger partial charge in [0.2, 0.25) is 0 Å². The number of hydrogen-bond acceptors (Lipinski definition) is 2. The second kappa shape index (κ2) is 8.19. The van der Waals surface area contributed by atoms with Gasteiger partial charge in [-0.2, -0.15) is 0 Å². The van der Waals surface area contributed by atoms with Crippen LogP contribution in [-0.4, -0.2) is 11.1 Å². The molecular weight excluding hydrogens is 326 g/mol. The highest BCUT2D eigenvalue weighted by atomic mass is 79.9. The molecular formula is C18H28BrNO. The van der Waals surface area contributed by atoms with Crippen molar-refractivity contribution < 1.29 is 5.11 Å². The fourth-order valence-electron chi connectivity index (χ4n) is 3.50. The molecule has 2 atom stereocenters. The van der Waals surface area contributed by atoms with Gasteiger partial charge in [0.05, 0.1) is 0 Å². The van der Waals surface area contributed by atoms with Crippen molar-refractivity contribution in [3.63, 3.8) is 0 Å². The van der Waals surface area contributed by atoms with Crippen LogP contribution in [0.4, 0.5) is 0 Å². The zero-order valence-electron chi connectivity index (χ0n) is 13.2. The van der Waals surface area contributed by atoms with Crippen LogP contribution in [0, 0.1) is 5.92 Å². The molecule has 0 amide bonds. The number of phenolic OH excluding ortho intramolecular Hbond substituents is 1. The van der Waals surface area contributed by atoms with Gasteiger partial charge in [-0.15, -0.1) is 0 Å². The van der Waals surface area contributed by atoms with Crippen molar-refractivity contribution in [1.82, 2.24) is 5.32 Å². The molecule has 3 heteroatoms. The van der Waals surface area contributed by atoms with E-state index in [1.165, 1.54) is 38.5 Å². The van der Waals surface area contributed by atoms with Crippen molar-refractivity contribution in [2.75, 3.05) is 0 Å². The van der Waals surface area contributed by atoms with Gasteiger partial charge in [-0.3, -0.25) is 0 Å². The number of phenols is 1. The Balaban J connectivity index is 2.05. The minimum absolute atomic E-state index is 0.223. The average Bonchev–Trinajstić information content (AvgIpc) is 2.76. The number of aromatic hydroxyl groups is 1. The second-order valence-corrected chi connectivity index (χ2v) is 7.29. The van der Waals surface area contributed by atoms with Crippen LogP contribution in [0.1, 0.15) is 70.4 Å². The van der Waals surface area contributed by atoms with Crippen LogP contribution in [0.25, 0.3) is 0 Å². The van der Waals surface area contributed by atoms with Gasteiger partial charge < -0.3 is 10.4 Å². The number of benzene rings is 1. The molecule has 0 saturated heterocycles. The SMILES string of the molecule is CCC(N[C@H](C)C1CCCCCC1)c1cc(Br)ccc1O. The molecule has 21 heavy (non-hydrogen) atoms. The van der Waals surface area contributed by atoms with Gasteiger partial charge in [0, 0.05) is 22.1 Å². The maximum absolute atomic E-state index is 10.1. The Labute approximate surface area is 137 Å². The zero-order chi connectivity index (χ0) is 15.2. The molecule has 1 fully saturated rings. The van der Waals surface area contributed by atoms with Crippen LogP contribution < -0.4 is 5.32 Å². The first-order valence-corrected chi connectivity index (χ1v) is 9.15. The normalized spacial score (nSPS) is 20.0. The first-order chi connectivity index (χ1) is 10.1. The molecule has 0 aromatic heterocycles. The fourth-order valence-corrected chi connectivity index (χ4v) is 3.88. The topological polar surface area (TPSA) is 32.3 Å². The molecule has 0 radical (unpaired) electrons. The zero-order valence-corrected chi connectivity index (χ0v) is 14.8. The van der Waals surface area contributed by atoms with Crippen LogP contribution >= 0.6 is 15.9 Å². The predicted octanol–water partition coefficient (Wildman–Crippen LogP) is 5.55. The first kappa shape index (κ1) is 16.8. The lowest BCUT2D eigenvalue weighted by atomic mass is 9.91. The van der Waals surface area contributed by atoms with E-state index in [9.17, 15) is 5.11 Å². The van der Waals surface area contributed by atoms with Crippen molar-refractivity contribution >= 4 is 15.9 Å². The van der Waals surface area contributed by atoms with Crippen molar-refractivity contribution in [3.05, 3.63) is 28.2 Å². The van der Waals surface area contributed by atoms with Crippen LogP contribution in [0.5, 0.6) is 5.75 Å². The van der Waals surface area contributed by atoms with Crippen molar-refractivity contribution in [2.24, 2.45) is 5.92 Å². The van der Waals surface area contributed by atoms with Gasteiger partial charge in [-0.05, 0) is 50.3 Å². The quantitative estimate of drug-likeness (QED) is 0.679. The Morgan fingerprint density at radius 1 is 1.24 bits per heavy atom. The number of nitrogens with one attached hydrogen (secondary N) is 1. The second-order valence-electron chi connectivity index (χ2n) is 6.37. The molecule has 1 aromatic carbocycles. The van der Waals surface area contributed by atoms with Crippen molar-refractivity contribution in [3.8, 4) is 5.75 Å². The highest BCUT2D eigenvalue weighted by Gasteiger charge is 2.23. The lowest BCUT2D eigenvalue weighted by Gasteiger charge is -2.29. The third-order valence-electron chi connectivity index (χ3n) is 4.84. The van der Waals surface area contributed by atoms with E-state index in [2.05, 4.69) is 35.1 Å². The van der Waals surface area contributed by atoms with Gasteiger partial charge >= 0.3 is 0 Å². The molecule has 1 aliphatic carbocycles. The monoisotopic (exact) mass is 353 g/mol. The Bertz CT molecular complexity index is 441. The van der Waals surface area contributed by atoms with Gasteiger partial charge in [0.25, 0.3) is 0 Å². The molecule has 0 heterocycles. The van der Waals surface area contributed by atoms with Crippen LogP contribution in [0.3, 0.4) is 0 Å².